The van der Waals surface area contributed by atoms with Crippen molar-refractivity contribution >= 4 is 29.1 Å². The van der Waals surface area contributed by atoms with Gasteiger partial charge in [-0.2, -0.15) is 5.10 Å². The number of hydrogen-bond acceptors (Lipinski definition) is 3. The van der Waals surface area contributed by atoms with E-state index in [0.717, 1.165) is 16.9 Å². The predicted octanol–water partition coefficient (Wildman–Crippen LogP) is 4.83. The van der Waals surface area contributed by atoms with E-state index in [0.29, 0.717) is 34.5 Å². The monoisotopic (exact) mass is 417 g/mol. The molecule has 0 aliphatic heterocycles. The summed E-state index contributed by atoms with van der Waals surface area (Å²) in [6.07, 6.45) is 0. The van der Waals surface area contributed by atoms with Crippen molar-refractivity contribution < 1.29 is 9.53 Å². The summed E-state index contributed by atoms with van der Waals surface area (Å²) < 4.78 is 6.97. The summed E-state index contributed by atoms with van der Waals surface area (Å²) >= 11 is 12.8. The van der Waals surface area contributed by atoms with E-state index in [-0.39, 0.29) is 5.91 Å². The van der Waals surface area contributed by atoms with Gasteiger partial charge in [-0.25, -0.2) is 4.68 Å². The Labute approximate surface area is 174 Å². The Morgan fingerprint density at radius 3 is 2.43 bits per heavy atom. The Balaban J connectivity index is 1.84. The van der Waals surface area contributed by atoms with E-state index in [1.54, 1.807) is 30.7 Å². The van der Waals surface area contributed by atoms with Crippen molar-refractivity contribution in [2.45, 2.75) is 20.0 Å². The van der Waals surface area contributed by atoms with Gasteiger partial charge in [0.15, 0.2) is 0 Å². The molecule has 0 aliphatic rings. The first kappa shape index (κ1) is 20.2. The van der Waals surface area contributed by atoms with Gasteiger partial charge in [-0.15, -0.1) is 0 Å². The Kier molecular flexibility index (Phi) is 6.27. The van der Waals surface area contributed by atoms with Crippen LogP contribution in [0.5, 0.6) is 5.75 Å². The second-order valence-electron chi connectivity index (χ2n) is 6.47. The minimum absolute atomic E-state index is 0.196. The number of para-hydroxylation sites is 1. The molecule has 146 valence electrons. The highest BCUT2D eigenvalue weighted by molar-refractivity contribution is 6.33. The minimum Gasteiger partial charge on any atom is -0.496 e. The summed E-state index contributed by atoms with van der Waals surface area (Å²) in [4.78, 5) is 14.6. The second kappa shape index (κ2) is 8.67. The van der Waals surface area contributed by atoms with Crippen LogP contribution in [-0.4, -0.2) is 34.7 Å². The molecule has 3 rings (SSSR count). The molecule has 1 amide bonds. The molecule has 1 aromatic heterocycles. The Hall–Kier alpha value is -2.50. The van der Waals surface area contributed by atoms with E-state index >= 15 is 0 Å². The highest BCUT2D eigenvalue weighted by Crippen LogP contribution is 2.26. The molecule has 0 aliphatic carbocycles. The number of aryl methyl sites for hydroxylation is 1. The summed E-state index contributed by atoms with van der Waals surface area (Å²) in [5.74, 6) is 0.540. The van der Waals surface area contributed by atoms with Crippen molar-refractivity contribution in [1.82, 2.24) is 14.7 Å². The van der Waals surface area contributed by atoms with Gasteiger partial charge in [-0.1, -0.05) is 59.6 Å². The average molecular weight is 418 g/mol. The maximum atomic E-state index is 13.0. The lowest BCUT2D eigenvalue weighted by Crippen LogP contribution is -2.27. The third kappa shape index (κ3) is 4.16. The molecular formula is C21H21Cl2N3O2. The third-order valence-electron chi connectivity index (χ3n) is 4.50. The van der Waals surface area contributed by atoms with Gasteiger partial charge in [0.05, 0.1) is 24.9 Å². The lowest BCUT2D eigenvalue weighted by molar-refractivity contribution is 0.0783. The molecule has 0 saturated heterocycles. The number of amides is 1. The fourth-order valence-corrected chi connectivity index (χ4v) is 3.55. The average Bonchev–Trinajstić information content (AvgIpc) is 2.96. The molecule has 0 saturated carbocycles. The fourth-order valence-electron chi connectivity index (χ4n) is 3.04. The van der Waals surface area contributed by atoms with Crippen LogP contribution in [0.15, 0.2) is 48.5 Å². The molecule has 2 aromatic carbocycles. The number of ether oxygens (including phenoxy) is 1. The zero-order valence-corrected chi connectivity index (χ0v) is 17.5. The van der Waals surface area contributed by atoms with E-state index in [1.165, 1.54) is 0 Å². The van der Waals surface area contributed by atoms with Gasteiger partial charge in [0, 0.05) is 24.2 Å². The van der Waals surface area contributed by atoms with Crippen molar-refractivity contribution in [3.63, 3.8) is 0 Å². The van der Waals surface area contributed by atoms with Crippen molar-refractivity contribution in [2.24, 2.45) is 0 Å². The number of halogens is 2. The zero-order valence-electron chi connectivity index (χ0n) is 15.9. The summed E-state index contributed by atoms with van der Waals surface area (Å²) in [5, 5.41) is 5.38. The van der Waals surface area contributed by atoms with Crippen molar-refractivity contribution in [3.05, 3.63) is 81.1 Å². The van der Waals surface area contributed by atoms with Gasteiger partial charge in [0.2, 0.25) is 0 Å². The highest BCUT2D eigenvalue weighted by Gasteiger charge is 2.24. The topological polar surface area (TPSA) is 47.4 Å². The number of methoxy groups -OCH3 is 1. The van der Waals surface area contributed by atoms with Crippen LogP contribution in [-0.2, 0) is 13.1 Å². The molecule has 1 heterocycles. The molecule has 0 spiro atoms. The molecule has 5 nitrogen and oxygen atoms in total. The van der Waals surface area contributed by atoms with Gasteiger partial charge < -0.3 is 9.64 Å². The number of hydrogen-bond donors (Lipinski definition) is 0. The standard InChI is InChI=1S/C21H21Cl2N3O2/c1-14-19(20(23)26(24-14)13-15-8-4-6-10-17(15)22)21(27)25(2)12-16-9-5-7-11-18(16)28-3/h4-11H,12-13H2,1-3H3. The van der Waals surface area contributed by atoms with Crippen molar-refractivity contribution in [3.8, 4) is 5.75 Å². The van der Waals surface area contributed by atoms with Crippen LogP contribution in [0.4, 0.5) is 0 Å². The van der Waals surface area contributed by atoms with Crippen LogP contribution >= 0.6 is 23.2 Å². The van der Waals surface area contributed by atoms with Crippen LogP contribution in [0.1, 0.15) is 27.2 Å². The molecule has 0 N–H and O–H groups in total. The normalized spacial score (nSPS) is 10.8. The number of aromatic nitrogens is 2. The van der Waals surface area contributed by atoms with E-state index in [9.17, 15) is 4.79 Å². The van der Waals surface area contributed by atoms with Crippen LogP contribution < -0.4 is 4.74 Å². The quantitative estimate of drug-likeness (QED) is 0.576. The lowest BCUT2D eigenvalue weighted by atomic mass is 10.1. The SMILES string of the molecule is COc1ccccc1CN(C)C(=O)c1c(C)nn(Cc2ccccc2Cl)c1Cl. The highest BCUT2D eigenvalue weighted by atomic mass is 35.5. The molecule has 7 heteroatoms. The Morgan fingerprint density at radius 1 is 1.11 bits per heavy atom. The van der Waals surface area contributed by atoms with Crippen molar-refractivity contribution in [2.75, 3.05) is 14.2 Å². The minimum atomic E-state index is -0.196. The number of benzene rings is 2. The number of rotatable bonds is 6. The van der Waals surface area contributed by atoms with Crippen molar-refractivity contribution in [1.29, 1.82) is 0 Å². The molecule has 0 fully saturated rings. The molecule has 0 unspecified atom stereocenters. The molecule has 3 aromatic rings. The second-order valence-corrected chi connectivity index (χ2v) is 7.24. The largest absolute Gasteiger partial charge is 0.496 e. The molecule has 0 radical (unpaired) electrons. The summed E-state index contributed by atoms with van der Waals surface area (Å²) in [6, 6.07) is 15.1. The van der Waals surface area contributed by atoms with Gasteiger partial charge in [-0.05, 0) is 24.6 Å². The fraction of sp³-hybridized carbons (Fsp3) is 0.238. The molecule has 28 heavy (non-hydrogen) atoms. The first-order valence-corrected chi connectivity index (χ1v) is 9.51. The van der Waals surface area contributed by atoms with Gasteiger partial charge >= 0.3 is 0 Å². The maximum absolute atomic E-state index is 13.0. The van der Waals surface area contributed by atoms with Crippen LogP contribution in [0, 0.1) is 6.92 Å². The van der Waals surface area contributed by atoms with Gasteiger partial charge in [-0.3, -0.25) is 4.79 Å². The zero-order chi connectivity index (χ0) is 20.3. The first-order valence-electron chi connectivity index (χ1n) is 8.76. The Morgan fingerprint density at radius 2 is 1.75 bits per heavy atom. The van der Waals surface area contributed by atoms with E-state index in [4.69, 9.17) is 27.9 Å². The van der Waals surface area contributed by atoms with Crippen LogP contribution in [0.2, 0.25) is 10.2 Å². The predicted molar refractivity (Wildman–Crippen MR) is 111 cm³/mol. The molecular weight excluding hydrogens is 397 g/mol. The van der Waals surface area contributed by atoms with Gasteiger partial charge in [0.25, 0.3) is 5.91 Å². The van der Waals surface area contributed by atoms with E-state index in [1.807, 2.05) is 48.5 Å². The van der Waals surface area contributed by atoms with Gasteiger partial charge in [0.1, 0.15) is 10.9 Å². The maximum Gasteiger partial charge on any atom is 0.258 e. The van der Waals surface area contributed by atoms with Crippen LogP contribution in [0.3, 0.4) is 0 Å². The number of carbonyl (C=O) groups excluding carboxylic acids is 1. The summed E-state index contributed by atoms with van der Waals surface area (Å²) in [7, 11) is 3.34. The molecule has 0 atom stereocenters. The summed E-state index contributed by atoms with van der Waals surface area (Å²) in [6.45, 7) is 2.57. The lowest BCUT2D eigenvalue weighted by Gasteiger charge is -2.19. The summed E-state index contributed by atoms with van der Waals surface area (Å²) in [5.41, 5.74) is 2.77. The molecule has 0 bridgehead atoms. The van der Waals surface area contributed by atoms with E-state index in [2.05, 4.69) is 5.10 Å². The van der Waals surface area contributed by atoms with E-state index < -0.39 is 0 Å². The first-order chi connectivity index (χ1) is 13.4. The smallest absolute Gasteiger partial charge is 0.258 e. The number of carbonyl (C=O) groups is 1. The van der Waals surface area contributed by atoms with Crippen LogP contribution in [0.25, 0.3) is 0 Å². The Bertz CT molecular complexity index is 1000. The third-order valence-corrected chi connectivity index (χ3v) is 5.26. The number of nitrogens with zero attached hydrogens (tertiary/aromatic N) is 3.